The Hall–Kier alpha value is -8.13. The monoisotopic (exact) mass is 749 g/mol. The second-order valence-corrected chi connectivity index (χ2v) is 15.2. The van der Waals surface area contributed by atoms with Crippen molar-refractivity contribution >= 4 is 43.1 Å². The third-order valence-corrected chi connectivity index (χ3v) is 11.9. The van der Waals surface area contributed by atoms with E-state index in [1.165, 1.54) is 32.5 Å². The highest BCUT2D eigenvalue weighted by Crippen LogP contribution is 2.49. The molecule has 1 aromatic heterocycles. The number of hydrogen-bond donors (Lipinski definition) is 0. The molecule has 12 rings (SSSR count). The van der Waals surface area contributed by atoms with Crippen LogP contribution in [0.2, 0.25) is 0 Å². The quantitative estimate of drug-likeness (QED) is 0.164. The van der Waals surface area contributed by atoms with Crippen molar-refractivity contribution in [1.82, 2.24) is 9.97 Å². The number of nitrogens with zero attached hydrogens (tertiary/aromatic N) is 3. The van der Waals surface area contributed by atoms with Crippen LogP contribution in [-0.2, 0) is 0 Å². The zero-order valence-corrected chi connectivity index (χ0v) is 31.6. The van der Waals surface area contributed by atoms with Crippen LogP contribution in [0, 0.1) is 11.3 Å². The lowest BCUT2D eigenvalue weighted by Crippen LogP contribution is -1.98. The van der Waals surface area contributed by atoms with Crippen LogP contribution in [0.25, 0.3) is 110 Å². The molecule has 10 aromatic carbocycles. The Morgan fingerprint density at radius 2 is 0.898 bits per heavy atom. The molecule has 0 fully saturated rings. The Balaban J connectivity index is 0.973. The molecule has 1 aliphatic rings. The van der Waals surface area contributed by atoms with Gasteiger partial charge in [-0.05, 0) is 102 Å². The number of rotatable bonds is 5. The van der Waals surface area contributed by atoms with Gasteiger partial charge >= 0.3 is 0 Å². The predicted octanol–water partition coefficient (Wildman–Crippen LogP) is 14.5. The molecule has 0 aliphatic carbocycles. The van der Waals surface area contributed by atoms with E-state index < -0.39 is 0 Å². The molecule has 0 unspecified atom stereocenters. The molecule has 0 saturated carbocycles. The van der Waals surface area contributed by atoms with E-state index in [2.05, 4.69) is 152 Å². The fourth-order valence-corrected chi connectivity index (χ4v) is 9.11. The van der Waals surface area contributed by atoms with Gasteiger partial charge in [0.2, 0.25) is 0 Å². The van der Waals surface area contributed by atoms with E-state index >= 15 is 0 Å². The van der Waals surface area contributed by atoms with Crippen molar-refractivity contribution in [3.63, 3.8) is 0 Å². The van der Waals surface area contributed by atoms with Crippen LogP contribution in [0.5, 0.6) is 11.5 Å². The van der Waals surface area contributed by atoms with E-state index in [-0.39, 0.29) is 0 Å². The van der Waals surface area contributed by atoms with E-state index in [0.29, 0.717) is 17.1 Å². The van der Waals surface area contributed by atoms with Gasteiger partial charge in [-0.15, -0.1) is 0 Å². The zero-order chi connectivity index (χ0) is 39.0. The minimum atomic E-state index is 0.586. The maximum Gasteiger partial charge on any atom is 0.161 e. The Labute approximate surface area is 340 Å². The number of hydrogen-bond acceptors (Lipinski definition) is 4. The molecule has 272 valence electrons. The first-order valence-electron chi connectivity index (χ1n) is 19.8. The second kappa shape index (κ2) is 13.0. The average molecular weight is 750 g/mol. The lowest BCUT2D eigenvalue weighted by molar-refractivity contribution is 0.487. The molecule has 4 heteroatoms. The number of nitriles is 1. The Morgan fingerprint density at radius 1 is 0.373 bits per heavy atom. The molecule has 0 amide bonds. The molecule has 0 saturated heterocycles. The van der Waals surface area contributed by atoms with E-state index in [0.717, 1.165) is 77.8 Å². The summed E-state index contributed by atoms with van der Waals surface area (Å²) in [5.41, 5.74) is 12.3. The van der Waals surface area contributed by atoms with Crippen LogP contribution in [-0.4, -0.2) is 9.97 Å². The minimum absolute atomic E-state index is 0.586. The average Bonchev–Trinajstić information content (AvgIpc) is 3.31. The number of fused-ring (bicyclic) bond motifs is 2. The molecular formula is C55H31N3O. The molecule has 59 heavy (non-hydrogen) atoms. The van der Waals surface area contributed by atoms with Crippen molar-refractivity contribution in [3.8, 4) is 84.9 Å². The molecule has 0 spiro atoms. The first-order valence-corrected chi connectivity index (χ1v) is 19.8. The summed E-state index contributed by atoms with van der Waals surface area (Å²) in [6.07, 6.45) is 0. The second-order valence-electron chi connectivity index (χ2n) is 15.2. The van der Waals surface area contributed by atoms with Gasteiger partial charge in [0.05, 0.1) is 23.0 Å². The predicted molar refractivity (Wildman–Crippen MR) is 241 cm³/mol. The van der Waals surface area contributed by atoms with Crippen LogP contribution < -0.4 is 4.74 Å². The molecule has 0 atom stereocenters. The number of ether oxygens (including phenoxy) is 1. The summed E-state index contributed by atoms with van der Waals surface area (Å²) in [4.78, 5) is 10.4. The molecule has 0 N–H and O–H groups in total. The zero-order valence-electron chi connectivity index (χ0n) is 31.6. The maximum absolute atomic E-state index is 9.48. The Bertz CT molecular complexity index is 3460. The largest absolute Gasteiger partial charge is 0.456 e. The molecule has 4 nitrogen and oxygen atoms in total. The van der Waals surface area contributed by atoms with E-state index in [1.54, 1.807) is 0 Å². The SMILES string of the molecule is N#Cc1ccc2c(c1)Oc1cccc3c(-c4ccc(-c5ccc6ccc7c(-c8nc(-c9ccccc9)cc(-c9ccccc9)n8)ccc8ccc5c6c87)cc4)ccc-2c13. The van der Waals surface area contributed by atoms with Gasteiger partial charge in [0.15, 0.2) is 5.82 Å². The maximum atomic E-state index is 9.48. The summed E-state index contributed by atoms with van der Waals surface area (Å²) >= 11 is 0. The number of aromatic nitrogens is 2. The smallest absolute Gasteiger partial charge is 0.161 e. The van der Waals surface area contributed by atoms with Crippen LogP contribution in [0.1, 0.15) is 5.56 Å². The fraction of sp³-hybridized carbons (Fsp3) is 0. The highest BCUT2D eigenvalue weighted by Gasteiger charge is 2.23. The summed E-state index contributed by atoms with van der Waals surface area (Å²) in [7, 11) is 0. The summed E-state index contributed by atoms with van der Waals surface area (Å²) in [5.74, 6) is 2.23. The standard InChI is InChI=1S/C55H31N3O/c56-32-33-14-23-42-45-29-28-41(43-12-7-13-50(54(43)45)59-51(42)30-33)35-17-15-34(16-18-35)40-24-19-38-21-26-46-47(27-22-39-20-25-44(40)52(38)53(39)46)55-57-48(36-8-3-1-4-9-36)31-49(58-55)37-10-5-2-6-11-37/h1-31H. The molecule has 1 aliphatic heterocycles. The summed E-state index contributed by atoms with van der Waals surface area (Å²) in [6, 6.07) is 68.1. The normalized spacial score (nSPS) is 11.8. The van der Waals surface area contributed by atoms with Gasteiger partial charge in [-0.2, -0.15) is 5.26 Å². The topological polar surface area (TPSA) is 58.8 Å². The summed E-state index contributed by atoms with van der Waals surface area (Å²) in [5, 5.41) is 18.9. The van der Waals surface area contributed by atoms with Crippen LogP contribution in [0.4, 0.5) is 0 Å². The summed E-state index contributed by atoms with van der Waals surface area (Å²) < 4.78 is 6.37. The van der Waals surface area contributed by atoms with Crippen molar-refractivity contribution in [2.45, 2.75) is 0 Å². The molecule has 0 radical (unpaired) electrons. The van der Waals surface area contributed by atoms with Crippen molar-refractivity contribution in [2.75, 3.05) is 0 Å². The van der Waals surface area contributed by atoms with Crippen LogP contribution >= 0.6 is 0 Å². The van der Waals surface area contributed by atoms with Crippen molar-refractivity contribution in [1.29, 1.82) is 5.26 Å². The van der Waals surface area contributed by atoms with Gasteiger partial charge in [-0.25, -0.2) is 9.97 Å². The van der Waals surface area contributed by atoms with Crippen LogP contribution in [0.3, 0.4) is 0 Å². The third kappa shape index (κ3) is 5.23. The van der Waals surface area contributed by atoms with Crippen molar-refractivity contribution in [2.24, 2.45) is 0 Å². The van der Waals surface area contributed by atoms with E-state index in [4.69, 9.17) is 14.7 Å². The van der Waals surface area contributed by atoms with E-state index in [9.17, 15) is 5.26 Å². The van der Waals surface area contributed by atoms with Gasteiger partial charge in [0.1, 0.15) is 11.5 Å². The third-order valence-electron chi connectivity index (χ3n) is 11.9. The summed E-state index contributed by atoms with van der Waals surface area (Å²) in [6.45, 7) is 0. The highest BCUT2D eigenvalue weighted by atomic mass is 16.5. The first kappa shape index (κ1) is 33.1. The van der Waals surface area contributed by atoms with Gasteiger partial charge in [-0.3, -0.25) is 0 Å². The van der Waals surface area contributed by atoms with Gasteiger partial charge in [0, 0.05) is 27.6 Å². The number of benzene rings is 10. The minimum Gasteiger partial charge on any atom is -0.456 e. The molecular weight excluding hydrogens is 719 g/mol. The fourth-order valence-electron chi connectivity index (χ4n) is 9.11. The molecule has 2 heterocycles. The first-order chi connectivity index (χ1) is 29.2. The van der Waals surface area contributed by atoms with Gasteiger partial charge in [0.25, 0.3) is 0 Å². The lowest BCUT2D eigenvalue weighted by Gasteiger charge is -2.22. The van der Waals surface area contributed by atoms with Crippen LogP contribution in [0.15, 0.2) is 188 Å². The van der Waals surface area contributed by atoms with Gasteiger partial charge in [-0.1, -0.05) is 152 Å². The highest BCUT2D eigenvalue weighted by molar-refractivity contribution is 6.27. The Morgan fingerprint density at radius 3 is 1.53 bits per heavy atom. The molecule has 11 aromatic rings. The molecule has 0 bridgehead atoms. The van der Waals surface area contributed by atoms with Gasteiger partial charge < -0.3 is 4.74 Å². The van der Waals surface area contributed by atoms with E-state index in [1.807, 2.05) is 42.5 Å². The lowest BCUT2D eigenvalue weighted by atomic mass is 9.87. The van der Waals surface area contributed by atoms with Crippen molar-refractivity contribution < 1.29 is 4.74 Å². The van der Waals surface area contributed by atoms with Crippen molar-refractivity contribution in [3.05, 3.63) is 194 Å². The Kier molecular flexibility index (Phi) is 7.26.